The molecule has 1 amide bonds. The van der Waals surface area contributed by atoms with Gasteiger partial charge in [0.2, 0.25) is 5.91 Å². The number of aliphatic imine (C=N–C) groups is 1. The van der Waals surface area contributed by atoms with Crippen LogP contribution in [-0.4, -0.2) is 22.9 Å². The van der Waals surface area contributed by atoms with Crippen LogP contribution >= 0.6 is 11.3 Å². The molecule has 1 aromatic carbocycles. The summed E-state index contributed by atoms with van der Waals surface area (Å²) in [5, 5.41) is 4.98. The smallest absolute Gasteiger partial charge is 0.242 e. The molecule has 0 saturated heterocycles. The number of benzene rings is 1. The number of carbonyl (C=O) groups is 2. The molecule has 1 unspecified atom stereocenters. The van der Waals surface area contributed by atoms with E-state index in [0.29, 0.717) is 16.4 Å². The number of fused-ring (bicyclic) bond motifs is 1. The highest BCUT2D eigenvalue weighted by Crippen LogP contribution is 2.26. The molecule has 3 rings (SSSR count). The minimum atomic E-state index is -0.894. The number of Topliss-reactive ketones (excluding diaryl/α,β-unsaturated/α-hetero) is 1. The van der Waals surface area contributed by atoms with Gasteiger partial charge in [-0.2, -0.15) is 0 Å². The molecule has 0 saturated carbocycles. The number of ketones is 1. The lowest BCUT2D eigenvalue weighted by Gasteiger charge is -2.16. The molecule has 20 heavy (non-hydrogen) atoms. The summed E-state index contributed by atoms with van der Waals surface area (Å²) < 4.78 is 0. The molecular formula is C14H11N3O2S. The van der Waals surface area contributed by atoms with E-state index in [0.717, 1.165) is 5.69 Å². The molecule has 0 radical (unpaired) electrons. The predicted molar refractivity (Wildman–Crippen MR) is 77.9 cm³/mol. The van der Waals surface area contributed by atoms with E-state index in [-0.39, 0.29) is 5.78 Å². The molecule has 0 bridgehead atoms. The lowest BCUT2D eigenvalue weighted by molar-refractivity contribution is -0.116. The fourth-order valence-electron chi connectivity index (χ4n) is 1.97. The highest BCUT2D eigenvalue weighted by Gasteiger charge is 2.30. The quantitative estimate of drug-likeness (QED) is 0.862. The van der Waals surface area contributed by atoms with Gasteiger partial charge in [-0.05, 0) is 19.1 Å². The SMILES string of the molecule is Cc1csc(NC(=O)C2C=Nc3ccccc3C2=O)n1. The van der Waals surface area contributed by atoms with E-state index in [4.69, 9.17) is 0 Å². The van der Waals surface area contributed by atoms with Crippen molar-refractivity contribution in [3.8, 4) is 0 Å². The maximum absolute atomic E-state index is 12.3. The summed E-state index contributed by atoms with van der Waals surface area (Å²) in [6.45, 7) is 1.84. The number of nitrogens with one attached hydrogen (secondary N) is 1. The maximum atomic E-state index is 12.3. The Bertz CT molecular complexity index is 721. The highest BCUT2D eigenvalue weighted by molar-refractivity contribution is 7.13. The van der Waals surface area contributed by atoms with Gasteiger partial charge in [0.25, 0.3) is 0 Å². The van der Waals surface area contributed by atoms with Crippen molar-refractivity contribution in [1.82, 2.24) is 4.98 Å². The van der Waals surface area contributed by atoms with E-state index in [2.05, 4.69) is 15.3 Å². The second kappa shape index (κ2) is 4.97. The van der Waals surface area contributed by atoms with Gasteiger partial charge in [-0.1, -0.05) is 12.1 Å². The minimum Gasteiger partial charge on any atom is -0.301 e. The van der Waals surface area contributed by atoms with Crippen LogP contribution in [-0.2, 0) is 4.79 Å². The van der Waals surface area contributed by atoms with Crippen molar-refractivity contribution >= 4 is 40.1 Å². The van der Waals surface area contributed by atoms with Crippen LogP contribution in [0.4, 0.5) is 10.8 Å². The summed E-state index contributed by atoms with van der Waals surface area (Å²) in [5.74, 6) is -1.53. The number of hydrogen-bond donors (Lipinski definition) is 1. The number of hydrogen-bond acceptors (Lipinski definition) is 5. The van der Waals surface area contributed by atoms with Gasteiger partial charge in [0.15, 0.2) is 10.9 Å². The van der Waals surface area contributed by atoms with Crippen molar-refractivity contribution in [1.29, 1.82) is 0 Å². The van der Waals surface area contributed by atoms with Crippen molar-refractivity contribution in [2.75, 3.05) is 5.32 Å². The maximum Gasteiger partial charge on any atom is 0.242 e. The first-order chi connectivity index (χ1) is 9.65. The molecule has 1 aliphatic heterocycles. The molecule has 0 spiro atoms. The zero-order valence-corrected chi connectivity index (χ0v) is 11.5. The van der Waals surface area contributed by atoms with Crippen LogP contribution in [0.15, 0.2) is 34.6 Å². The number of nitrogens with zero attached hydrogens (tertiary/aromatic N) is 2. The van der Waals surface area contributed by atoms with E-state index in [1.54, 1.807) is 18.2 Å². The molecule has 0 aliphatic carbocycles. The van der Waals surface area contributed by atoms with Crippen LogP contribution in [0.3, 0.4) is 0 Å². The van der Waals surface area contributed by atoms with Gasteiger partial charge >= 0.3 is 0 Å². The lowest BCUT2D eigenvalue weighted by atomic mass is 9.94. The molecule has 0 fully saturated rings. The van der Waals surface area contributed by atoms with E-state index in [9.17, 15) is 9.59 Å². The number of rotatable bonds is 2. The predicted octanol–water partition coefficient (Wildman–Crippen LogP) is 2.61. The molecule has 1 aromatic heterocycles. The van der Waals surface area contributed by atoms with Gasteiger partial charge in [-0.25, -0.2) is 4.98 Å². The van der Waals surface area contributed by atoms with Crippen LogP contribution < -0.4 is 5.32 Å². The average molecular weight is 285 g/mol. The topological polar surface area (TPSA) is 71.4 Å². The molecule has 100 valence electrons. The molecule has 2 heterocycles. The number of carbonyl (C=O) groups excluding carboxylic acids is 2. The van der Waals surface area contributed by atoms with Crippen molar-refractivity contribution in [3.05, 3.63) is 40.9 Å². The zero-order chi connectivity index (χ0) is 14.1. The lowest BCUT2D eigenvalue weighted by Crippen LogP contribution is -2.32. The Kier molecular flexibility index (Phi) is 3.15. The van der Waals surface area contributed by atoms with Crippen molar-refractivity contribution in [2.24, 2.45) is 10.9 Å². The number of thiazole rings is 1. The number of aromatic nitrogens is 1. The third-order valence-electron chi connectivity index (χ3n) is 2.95. The Morgan fingerprint density at radius 3 is 2.90 bits per heavy atom. The van der Waals surface area contributed by atoms with Crippen LogP contribution in [0.2, 0.25) is 0 Å². The van der Waals surface area contributed by atoms with Crippen LogP contribution in [0, 0.1) is 12.8 Å². The number of anilines is 1. The molecule has 2 aromatic rings. The first kappa shape index (κ1) is 12.7. The van der Waals surface area contributed by atoms with Gasteiger partial charge in [-0.3, -0.25) is 14.6 Å². The van der Waals surface area contributed by atoms with Crippen LogP contribution in [0.25, 0.3) is 0 Å². The number of aryl methyl sites for hydroxylation is 1. The molecule has 1 atom stereocenters. The Morgan fingerprint density at radius 2 is 2.15 bits per heavy atom. The summed E-state index contributed by atoms with van der Waals surface area (Å²) >= 11 is 1.33. The van der Waals surface area contributed by atoms with Gasteiger partial charge in [0.1, 0.15) is 5.92 Å². The molecular weight excluding hydrogens is 274 g/mol. The van der Waals surface area contributed by atoms with Crippen molar-refractivity contribution in [3.63, 3.8) is 0 Å². The summed E-state index contributed by atoms with van der Waals surface area (Å²) in [6.07, 6.45) is 1.39. The number of para-hydroxylation sites is 1. The second-order valence-corrected chi connectivity index (χ2v) is 5.28. The average Bonchev–Trinajstić information content (AvgIpc) is 2.84. The normalized spacial score (nSPS) is 16.9. The van der Waals surface area contributed by atoms with Crippen molar-refractivity contribution < 1.29 is 9.59 Å². The third-order valence-corrected chi connectivity index (χ3v) is 3.82. The van der Waals surface area contributed by atoms with Crippen LogP contribution in [0.5, 0.6) is 0 Å². The second-order valence-electron chi connectivity index (χ2n) is 4.42. The fraction of sp³-hybridized carbons (Fsp3) is 0.143. The van der Waals surface area contributed by atoms with E-state index in [1.807, 2.05) is 18.4 Å². The molecule has 1 N–H and O–H groups in total. The Morgan fingerprint density at radius 1 is 1.35 bits per heavy atom. The van der Waals surface area contributed by atoms with E-state index >= 15 is 0 Å². The minimum absolute atomic E-state index is 0.235. The monoisotopic (exact) mass is 285 g/mol. The molecule has 5 nitrogen and oxygen atoms in total. The third kappa shape index (κ3) is 2.25. The van der Waals surface area contributed by atoms with Crippen molar-refractivity contribution in [2.45, 2.75) is 6.92 Å². The highest BCUT2D eigenvalue weighted by atomic mass is 32.1. The first-order valence-corrected chi connectivity index (χ1v) is 6.93. The largest absolute Gasteiger partial charge is 0.301 e. The van der Waals surface area contributed by atoms with E-state index in [1.165, 1.54) is 17.6 Å². The fourth-order valence-corrected chi connectivity index (χ4v) is 2.66. The number of amides is 1. The summed E-state index contributed by atoms with van der Waals surface area (Å²) in [4.78, 5) is 32.7. The van der Waals surface area contributed by atoms with E-state index < -0.39 is 11.8 Å². The Balaban J connectivity index is 1.82. The first-order valence-electron chi connectivity index (χ1n) is 6.05. The van der Waals surface area contributed by atoms with Crippen LogP contribution in [0.1, 0.15) is 16.1 Å². The Hall–Kier alpha value is -2.34. The summed E-state index contributed by atoms with van der Waals surface area (Å²) in [6, 6.07) is 7.00. The molecule has 1 aliphatic rings. The molecule has 6 heteroatoms. The summed E-state index contributed by atoms with van der Waals surface area (Å²) in [5.41, 5.74) is 1.91. The van der Waals surface area contributed by atoms with Gasteiger partial charge in [-0.15, -0.1) is 11.3 Å². The van der Waals surface area contributed by atoms with Gasteiger partial charge < -0.3 is 5.32 Å². The Labute approximate surface area is 119 Å². The summed E-state index contributed by atoms with van der Waals surface area (Å²) in [7, 11) is 0. The van der Waals surface area contributed by atoms with Gasteiger partial charge in [0, 0.05) is 17.2 Å². The van der Waals surface area contributed by atoms with Gasteiger partial charge in [0.05, 0.1) is 11.4 Å². The zero-order valence-electron chi connectivity index (χ0n) is 10.7. The standard InChI is InChI=1S/C14H11N3O2S/c1-8-7-20-14(16-8)17-13(19)10-6-15-11-5-3-2-4-9(11)12(10)18/h2-7,10H,1H3,(H,16,17,19).